The lowest BCUT2D eigenvalue weighted by molar-refractivity contribution is -0.00510. The summed E-state index contributed by atoms with van der Waals surface area (Å²) in [7, 11) is 0. The third kappa shape index (κ3) is 12.0. The van der Waals surface area contributed by atoms with Crippen LogP contribution in [0.4, 0.5) is 0 Å². The van der Waals surface area contributed by atoms with E-state index in [-0.39, 0.29) is 0 Å². The third-order valence-electron chi connectivity index (χ3n) is 2.63. The smallest absolute Gasteiger partial charge is 0.0980 e. The van der Waals surface area contributed by atoms with Crippen molar-refractivity contribution in [1.82, 2.24) is 0 Å². The summed E-state index contributed by atoms with van der Waals surface area (Å²) >= 11 is 0. The zero-order chi connectivity index (χ0) is 10.9. The van der Waals surface area contributed by atoms with Crippen LogP contribution in [0.1, 0.15) is 78.6 Å². The Bertz CT molecular complexity index is 113. The third-order valence-corrected chi connectivity index (χ3v) is 2.63. The largest absolute Gasteiger partial charge is 0.230 e. The molecule has 0 saturated heterocycles. The van der Waals surface area contributed by atoms with E-state index in [2.05, 4.69) is 6.92 Å². The van der Waals surface area contributed by atoms with Crippen LogP contribution in [-0.2, 0) is 5.11 Å². The van der Waals surface area contributed by atoms with Crippen LogP contribution >= 0.6 is 0 Å². The lowest BCUT2D eigenvalue weighted by Gasteiger charge is -2.13. The lowest BCUT2D eigenvalue weighted by Crippen LogP contribution is -2.15. The molecule has 0 aliphatic carbocycles. The van der Waals surface area contributed by atoms with Gasteiger partial charge in [0, 0.05) is 0 Å². The van der Waals surface area contributed by atoms with E-state index in [9.17, 15) is 5.11 Å². The molecule has 1 radical (unpaired) electrons. The Kier molecular flexibility index (Phi) is 8.26. The Balaban J connectivity index is 2.99. The first-order chi connectivity index (χ1) is 6.56. The summed E-state index contributed by atoms with van der Waals surface area (Å²) in [4.78, 5) is 0. The topological polar surface area (TPSA) is 19.9 Å². The quantitative estimate of drug-likeness (QED) is 0.479. The minimum absolute atomic E-state index is 0.706. The van der Waals surface area contributed by atoms with Crippen LogP contribution in [0.2, 0.25) is 0 Å². The molecule has 0 rings (SSSR count). The Morgan fingerprint density at radius 1 is 0.786 bits per heavy atom. The van der Waals surface area contributed by atoms with Gasteiger partial charge in [-0.15, -0.1) is 0 Å². The van der Waals surface area contributed by atoms with E-state index in [0.717, 1.165) is 12.8 Å². The fraction of sp³-hybridized carbons (Fsp3) is 1.00. The first-order valence-corrected chi connectivity index (χ1v) is 6.26. The minimum Gasteiger partial charge on any atom is -0.230 e. The summed E-state index contributed by atoms with van der Waals surface area (Å²) in [6.07, 6.45) is 11.4. The zero-order valence-corrected chi connectivity index (χ0v) is 10.3. The summed E-state index contributed by atoms with van der Waals surface area (Å²) in [5, 5.41) is 11.3. The van der Waals surface area contributed by atoms with Gasteiger partial charge in [0.15, 0.2) is 0 Å². The predicted octanol–water partition coefficient (Wildman–Crippen LogP) is 4.73. The van der Waals surface area contributed by atoms with Crippen molar-refractivity contribution in [2.24, 2.45) is 0 Å². The summed E-state index contributed by atoms with van der Waals surface area (Å²) < 4.78 is 0. The van der Waals surface area contributed by atoms with Gasteiger partial charge in [0.2, 0.25) is 0 Å². The van der Waals surface area contributed by atoms with Gasteiger partial charge in [-0.1, -0.05) is 58.3 Å². The standard InChI is InChI=1S/C13H27O/c1-4-5-6-7-8-9-10-11-12-13(2,3)14/h4-12H2,1-3H3. The summed E-state index contributed by atoms with van der Waals surface area (Å²) in [6.45, 7) is 5.82. The van der Waals surface area contributed by atoms with E-state index in [0.29, 0.717) is 0 Å². The van der Waals surface area contributed by atoms with Crippen LogP contribution in [0.25, 0.3) is 0 Å². The normalized spacial score (nSPS) is 12.0. The van der Waals surface area contributed by atoms with E-state index in [4.69, 9.17) is 0 Å². The number of hydrogen-bond acceptors (Lipinski definition) is 0. The van der Waals surface area contributed by atoms with Crippen molar-refractivity contribution in [1.29, 1.82) is 0 Å². The number of hydrogen-bond donors (Lipinski definition) is 0. The molecular formula is C13H27O. The fourth-order valence-corrected chi connectivity index (χ4v) is 1.68. The highest BCUT2D eigenvalue weighted by atomic mass is 16.3. The highest BCUT2D eigenvalue weighted by Gasteiger charge is 2.13. The number of unbranched alkanes of at least 4 members (excludes halogenated alkanes) is 7. The summed E-state index contributed by atoms with van der Waals surface area (Å²) in [5.74, 6) is 0. The van der Waals surface area contributed by atoms with E-state index in [1.807, 2.05) is 0 Å². The molecule has 0 aromatic carbocycles. The van der Waals surface area contributed by atoms with Crippen molar-refractivity contribution in [2.45, 2.75) is 84.2 Å². The van der Waals surface area contributed by atoms with Gasteiger partial charge in [0.05, 0.1) is 5.60 Å². The zero-order valence-electron chi connectivity index (χ0n) is 10.3. The van der Waals surface area contributed by atoms with Crippen LogP contribution in [-0.4, -0.2) is 5.60 Å². The first-order valence-electron chi connectivity index (χ1n) is 6.26. The van der Waals surface area contributed by atoms with Crippen molar-refractivity contribution in [3.63, 3.8) is 0 Å². The molecule has 0 atom stereocenters. The molecule has 1 nitrogen and oxygen atoms in total. The van der Waals surface area contributed by atoms with Crippen LogP contribution < -0.4 is 0 Å². The molecule has 14 heavy (non-hydrogen) atoms. The molecule has 0 unspecified atom stereocenters. The van der Waals surface area contributed by atoms with Crippen LogP contribution in [0.5, 0.6) is 0 Å². The molecule has 0 heterocycles. The maximum atomic E-state index is 11.3. The second-order valence-electron chi connectivity index (χ2n) is 4.98. The first kappa shape index (κ1) is 14.0. The lowest BCUT2D eigenvalue weighted by atomic mass is 9.99. The van der Waals surface area contributed by atoms with E-state index in [1.165, 1.54) is 44.9 Å². The van der Waals surface area contributed by atoms with Crippen LogP contribution in [0.15, 0.2) is 0 Å². The molecule has 0 fully saturated rings. The monoisotopic (exact) mass is 199 g/mol. The van der Waals surface area contributed by atoms with Crippen molar-refractivity contribution in [2.75, 3.05) is 0 Å². The van der Waals surface area contributed by atoms with Gasteiger partial charge >= 0.3 is 0 Å². The molecule has 1 heteroatoms. The van der Waals surface area contributed by atoms with E-state index in [1.54, 1.807) is 13.8 Å². The van der Waals surface area contributed by atoms with Gasteiger partial charge in [-0.25, -0.2) is 5.11 Å². The maximum Gasteiger partial charge on any atom is 0.0980 e. The van der Waals surface area contributed by atoms with Gasteiger partial charge in [-0.2, -0.15) is 0 Å². The van der Waals surface area contributed by atoms with Crippen molar-refractivity contribution >= 4 is 0 Å². The maximum absolute atomic E-state index is 11.3. The van der Waals surface area contributed by atoms with E-state index < -0.39 is 5.60 Å². The Labute approximate surface area is 89.9 Å². The molecule has 0 aromatic rings. The van der Waals surface area contributed by atoms with Gasteiger partial charge in [-0.05, 0) is 20.3 Å². The number of rotatable bonds is 9. The second kappa shape index (κ2) is 8.28. The van der Waals surface area contributed by atoms with Gasteiger partial charge in [0.25, 0.3) is 0 Å². The molecule has 0 aliphatic rings. The van der Waals surface area contributed by atoms with Crippen molar-refractivity contribution < 1.29 is 5.11 Å². The average Bonchev–Trinajstić information content (AvgIpc) is 2.08. The Morgan fingerprint density at radius 2 is 1.21 bits per heavy atom. The predicted molar refractivity (Wildman–Crippen MR) is 62.0 cm³/mol. The van der Waals surface area contributed by atoms with Gasteiger partial charge < -0.3 is 0 Å². The molecule has 0 amide bonds. The van der Waals surface area contributed by atoms with E-state index >= 15 is 0 Å². The fourth-order valence-electron chi connectivity index (χ4n) is 1.68. The Hall–Kier alpha value is -0.0400. The molecule has 85 valence electrons. The summed E-state index contributed by atoms with van der Waals surface area (Å²) in [6, 6.07) is 0. The highest BCUT2D eigenvalue weighted by molar-refractivity contribution is 4.63. The molecule has 0 aromatic heterocycles. The van der Waals surface area contributed by atoms with Gasteiger partial charge in [0.1, 0.15) is 0 Å². The van der Waals surface area contributed by atoms with Crippen molar-refractivity contribution in [3.05, 3.63) is 0 Å². The minimum atomic E-state index is -0.706. The van der Waals surface area contributed by atoms with Gasteiger partial charge in [-0.3, -0.25) is 0 Å². The average molecular weight is 199 g/mol. The SMILES string of the molecule is CCCCCCCCCCC(C)(C)[O]. The van der Waals surface area contributed by atoms with Crippen molar-refractivity contribution in [3.8, 4) is 0 Å². The Morgan fingerprint density at radius 3 is 1.64 bits per heavy atom. The highest BCUT2D eigenvalue weighted by Crippen LogP contribution is 2.15. The van der Waals surface area contributed by atoms with Crippen LogP contribution in [0.3, 0.4) is 0 Å². The molecule has 0 N–H and O–H groups in total. The molecule has 0 aliphatic heterocycles. The van der Waals surface area contributed by atoms with Crippen LogP contribution in [0, 0.1) is 0 Å². The molecule has 0 bridgehead atoms. The molecular weight excluding hydrogens is 172 g/mol. The molecule has 0 saturated carbocycles. The second-order valence-corrected chi connectivity index (χ2v) is 4.98. The molecule has 0 spiro atoms. The summed E-state index contributed by atoms with van der Waals surface area (Å²) in [5.41, 5.74) is -0.706.